The molecule has 2 rings (SSSR count). The summed E-state index contributed by atoms with van der Waals surface area (Å²) in [5.41, 5.74) is 28.2. The van der Waals surface area contributed by atoms with E-state index in [9.17, 15) is 44.1 Å². The van der Waals surface area contributed by atoms with E-state index in [2.05, 4.69) is 31.3 Å². The number of nitrogens with zero attached hydrogens (tertiary/aromatic N) is 3. The van der Waals surface area contributed by atoms with Gasteiger partial charge in [-0.2, -0.15) is 0 Å². The summed E-state index contributed by atoms with van der Waals surface area (Å²) < 4.78 is 0. The fourth-order valence-corrected chi connectivity index (χ4v) is 6.19. The molecule has 0 saturated carbocycles. The molecule has 17 N–H and O–H groups in total. The standard InChI is InChI=1S/C36H60N12O9/c1-19(2)17-23(37)29(51)47-28(20(3)49)32(54)45-25(8-5-15-43-36(40)41)33(55)48-16-6-9-27(48)31(53)44-24(7-4-14-42-35(38)39)30(52)46-26(34(56)57)18-21-10-12-22(50)13-11-21/h10-13,19-20,23-28,49-50H,4-9,14-18,37H2,1-3H3,(H,44,53)(H,45,54)(H,46,52)(H,47,51)(H,56,57)(H4,38,39,42)(H4,40,41,43)/t20-,23+,24+,25+,26+,27+,28+/m1/s1. The van der Waals surface area contributed by atoms with Crippen LogP contribution in [0.5, 0.6) is 5.75 Å². The fourth-order valence-electron chi connectivity index (χ4n) is 6.19. The minimum atomic E-state index is -1.47. The zero-order valence-corrected chi connectivity index (χ0v) is 32.7. The predicted octanol–water partition coefficient (Wildman–Crippen LogP) is -3.19. The summed E-state index contributed by atoms with van der Waals surface area (Å²) in [5.74, 6) is -5.33. The quantitative estimate of drug-likeness (QED) is 0.0295. The molecule has 1 aromatic rings. The number of nitrogens with one attached hydrogen (secondary N) is 4. The number of nitrogens with two attached hydrogens (primary N) is 5. The number of hydrogen-bond donors (Lipinski definition) is 12. The van der Waals surface area contributed by atoms with E-state index in [0.717, 1.165) is 0 Å². The van der Waals surface area contributed by atoms with Crippen LogP contribution in [-0.4, -0.2) is 130 Å². The first-order valence-electron chi connectivity index (χ1n) is 18.9. The van der Waals surface area contributed by atoms with Crippen molar-refractivity contribution in [1.29, 1.82) is 0 Å². The summed E-state index contributed by atoms with van der Waals surface area (Å²) in [6.45, 7) is 5.36. The summed E-state index contributed by atoms with van der Waals surface area (Å²) in [6, 6.07) is -1.64. The normalized spacial score (nSPS) is 16.9. The molecule has 0 radical (unpaired) electrons. The van der Waals surface area contributed by atoms with Crippen LogP contribution in [-0.2, 0) is 35.2 Å². The number of carboxylic acid groups (broad SMARTS) is 1. The lowest BCUT2D eigenvalue weighted by atomic mass is 10.0. The summed E-state index contributed by atoms with van der Waals surface area (Å²) in [7, 11) is 0. The number of hydrogen-bond acceptors (Lipinski definition) is 11. The number of aromatic hydroxyl groups is 1. The van der Waals surface area contributed by atoms with Gasteiger partial charge in [0.15, 0.2) is 11.9 Å². The Morgan fingerprint density at radius 1 is 0.807 bits per heavy atom. The molecule has 318 valence electrons. The SMILES string of the molecule is CC(C)C[C@H](N)C(=O)N[C@H](C(=O)N[C@@H](CCCN=C(N)N)C(=O)N1CCC[C@H]1C(=O)N[C@@H](CCCN=C(N)N)C(=O)N[C@@H](Cc1ccc(O)cc1)C(=O)O)[C@@H](C)O. The molecule has 21 nitrogen and oxygen atoms in total. The molecule has 0 aromatic heterocycles. The number of phenols is 1. The number of benzene rings is 1. The van der Waals surface area contributed by atoms with E-state index in [0.29, 0.717) is 18.4 Å². The number of aliphatic carboxylic acids is 1. The Labute approximate surface area is 331 Å². The molecule has 5 amide bonds. The van der Waals surface area contributed by atoms with Crippen molar-refractivity contribution in [3.8, 4) is 5.75 Å². The highest BCUT2D eigenvalue weighted by atomic mass is 16.4. The van der Waals surface area contributed by atoms with E-state index in [1.807, 2.05) is 13.8 Å². The molecule has 7 atom stereocenters. The zero-order chi connectivity index (χ0) is 42.8. The number of likely N-dealkylation sites (tertiary alicyclic amines) is 1. The highest BCUT2D eigenvalue weighted by Crippen LogP contribution is 2.21. The Bertz CT molecular complexity index is 1580. The van der Waals surface area contributed by atoms with Crippen molar-refractivity contribution in [3.63, 3.8) is 0 Å². The van der Waals surface area contributed by atoms with Crippen LogP contribution in [0.25, 0.3) is 0 Å². The van der Waals surface area contributed by atoms with E-state index in [1.165, 1.54) is 36.1 Å². The van der Waals surface area contributed by atoms with Crippen LogP contribution >= 0.6 is 0 Å². The van der Waals surface area contributed by atoms with Gasteiger partial charge >= 0.3 is 5.97 Å². The summed E-state index contributed by atoms with van der Waals surface area (Å²) in [6.07, 6.45) is -0.140. The maximum atomic E-state index is 14.2. The first-order valence-corrected chi connectivity index (χ1v) is 18.9. The third-order valence-corrected chi connectivity index (χ3v) is 9.09. The largest absolute Gasteiger partial charge is 0.508 e. The van der Waals surface area contributed by atoms with Crippen LogP contribution < -0.4 is 49.9 Å². The molecule has 1 fully saturated rings. The van der Waals surface area contributed by atoms with Gasteiger partial charge in [0.2, 0.25) is 29.5 Å². The molecule has 21 heteroatoms. The Morgan fingerprint density at radius 3 is 1.89 bits per heavy atom. The van der Waals surface area contributed by atoms with Crippen LogP contribution in [0.15, 0.2) is 34.3 Å². The minimum absolute atomic E-state index is 0.00266. The second-order valence-corrected chi connectivity index (χ2v) is 14.4. The van der Waals surface area contributed by atoms with Gasteiger partial charge in [-0.3, -0.25) is 34.0 Å². The van der Waals surface area contributed by atoms with Crippen LogP contribution in [0, 0.1) is 5.92 Å². The number of carbonyl (C=O) groups excluding carboxylic acids is 5. The molecule has 1 aliphatic heterocycles. The maximum absolute atomic E-state index is 14.2. The zero-order valence-electron chi connectivity index (χ0n) is 32.7. The average Bonchev–Trinajstić information content (AvgIpc) is 3.62. The Kier molecular flexibility index (Phi) is 19.5. The summed E-state index contributed by atoms with van der Waals surface area (Å²) >= 11 is 0. The van der Waals surface area contributed by atoms with Gasteiger partial charge < -0.3 is 70.2 Å². The lowest BCUT2D eigenvalue weighted by molar-refractivity contribution is -0.144. The van der Waals surface area contributed by atoms with Crippen LogP contribution in [0.2, 0.25) is 0 Å². The van der Waals surface area contributed by atoms with Gasteiger partial charge in [0.1, 0.15) is 36.0 Å². The van der Waals surface area contributed by atoms with Gasteiger partial charge in [0.25, 0.3) is 0 Å². The van der Waals surface area contributed by atoms with Crippen molar-refractivity contribution in [2.24, 2.45) is 44.6 Å². The molecular formula is C36H60N12O9. The molecule has 1 heterocycles. The Morgan fingerprint density at radius 2 is 1.37 bits per heavy atom. The van der Waals surface area contributed by atoms with E-state index < -0.39 is 77.9 Å². The molecule has 57 heavy (non-hydrogen) atoms. The Hall–Kier alpha value is -5.70. The van der Waals surface area contributed by atoms with Crippen molar-refractivity contribution in [3.05, 3.63) is 29.8 Å². The number of carboxylic acids is 1. The van der Waals surface area contributed by atoms with Crippen LogP contribution in [0.4, 0.5) is 0 Å². The molecule has 1 aromatic carbocycles. The number of aliphatic hydroxyl groups excluding tert-OH is 1. The smallest absolute Gasteiger partial charge is 0.326 e. The van der Waals surface area contributed by atoms with Gasteiger partial charge in [-0.05, 0) is 75.5 Å². The van der Waals surface area contributed by atoms with Gasteiger partial charge in [-0.15, -0.1) is 0 Å². The highest BCUT2D eigenvalue weighted by molar-refractivity contribution is 5.96. The van der Waals surface area contributed by atoms with Gasteiger partial charge in [0, 0.05) is 26.1 Å². The van der Waals surface area contributed by atoms with Crippen molar-refractivity contribution in [1.82, 2.24) is 26.2 Å². The molecular weight excluding hydrogens is 744 g/mol. The van der Waals surface area contributed by atoms with Crippen molar-refractivity contribution >= 4 is 47.4 Å². The lowest BCUT2D eigenvalue weighted by Gasteiger charge is -2.31. The highest BCUT2D eigenvalue weighted by Gasteiger charge is 2.40. The van der Waals surface area contributed by atoms with Crippen LogP contribution in [0.3, 0.4) is 0 Å². The van der Waals surface area contributed by atoms with E-state index >= 15 is 0 Å². The number of amides is 5. The molecule has 0 unspecified atom stereocenters. The first-order chi connectivity index (χ1) is 26.8. The fraction of sp³-hybridized carbons (Fsp3) is 0.611. The molecule has 0 bridgehead atoms. The third-order valence-electron chi connectivity index (χ3n) is 9.09. The van der Waals surface area contributed by atoms with Gasteiger partial charge in [-0.25, -0.2) is 4.79 Å². The summed E-state index contributed by atoms with van der Waals surface area (Å²) in [4.78, 5) is 89.2. The number of guanidine groups is 2. The molecule has 1 aliphatic rings. The number of aliphatic hydroxyl groups is 1. The predicted molar refractivity (Wildman–Crippen MR) is 211 cm³/mol. The number of rotatable bonds is 23. The van der Waals surface area contributed by atoms with Crippen molar-refractivity contribution in [2.75, 3.05) is 19.6 Å². The second-order valence-electron chi connectivity index (χ2n) is 14.4. The number of carbonyl (C=O) groups is 6. The maximum Gasteiger partial charge on any atom is 0.326 e. The van der Waals surface area contributed by atoms with Crippen molar-refractivity contribution in [2.45, 2.75) is 114 Å². The molecule has 0 aliphatic carbocycles. The van der Waals surface area contributed by atoms with E-state index in [-0.39, 0.29) is 81.7 Å². The van der Waals surface area contributed by atoms with E-state index in [1.54, 1.807) is 0 Å². The van der Waals surface area contributed by atoms with Gasteiger partial charge in [0.05, 0.1) is 12.1 Å². The minimum Gasteiger partial charge on any atom is -0.508 e. The van der Waals surface area contributed by atoms with Crippen molar-refractivity contribution < 1.29 is 44.1 Å². The molecule has 0 spiro atoms. The Balaban J connectivity index is 2.32. The second kappa shape index (κ2) is 23.4. The number of phenolic OH excluding ortho intramolecular Hbond substituents is 1. The average molecular weight is 805 g/mol. The first kappa shape index (κ1) is 47.5. The van der Waals surface area contributed by atoms with Gasteiger partial charge in [-0.1, -0.05) is 26.0 Å². The van der Waals surface area contributed by atoms with Crippen LogP contribution in [0.1, 0.15) is 71.3 Å². The number of aliphatic imine (C=N–C) groups is 2. The summed E-state index contributed by atoms with van der Waals surface area (Å²) in [5, 5.41) is 40.1. The van der Waals surface area contributed by atoms with E-state index in [4.69, 9.17) is 28.7 Å². The monoisotopic (exact) mass is 804 g/mol. The molecule has 1 saturated heterocycles. The lowest BCUT2D eigenvalue weighted by Crippen LogP contribution is -2.60. The topological polar surface area (TPSA) is 369 Å². The third kappa shape index (κ3) is 16.5.